The van der Waals surface area contributed by atoms with Crippen molar-refractivity contribution >= 4 is 41.3 Å². The number of benzene rings is 1. The van der Waals surface area contributed by atoms with Gasteiger partial charge in [-0.25, -0.2) is 9.67 Å². The van der Waals surface area contributed by atoms with Crippen molar-refractivity contribution in [3.8, 4) is 5.69 Å². The first-order valence-corrected chi connectivity index (χ1v) is 11.0. The molecule has 0 radical (unpaired) electrons. The van der Waals surface area contributed by atoms with Gasteiger partial charge in [0.15, 0.2) is 5.96 Å². The summed E-state index contributed by atoms with van der Waals surface area (Å²) in [6.45, 7) is 5.94. The minimum absolute atomic E-state index is 0. The second kappa shape index (κ2) is 12.7. The van der Waals surface area contributed by atoms with Gasteiger partial charge in [0.1, 0.15) is 0 Å². The third kappa shape index (κ3) is 7.09. The molecular weight excluding hydrogens is 507 g/mol. The van der Waals surface area contributed by atoms with E-state index >= 15 is 0 Å². The Hall–Kier alpha value is -1.94. The highest BCUT2D eigenvalue weighted by Gasteiger charge is 2.07. The molecule has 6 nitrogen and oxygen atoms in total. The Morgan fingerprint density at radius 2 is 1.90 bits per heavy atom. The largest absolute Gasteiger partial charge is 0.356 e. The molecule has 0 saturated carbocycles. The van der Waals surface area contributed by atoms with Gasteiger partial charge in [-0.1, -0.05) is 25.1 Å². The highest BCUT2D eigenvalue weighted by Crippen LogP contribution is 2.14. The number of hydrogen-bond acceptors (Lipinski definition) is 4. The highest BCUT2D eigenvalue weighted by molar-refractivity contribution is 14.0. The average Bonchev–Trinajstić information content (AvgIpc) is 3.37. The Balaban J connectivity index is 0.00000320. The molecule has 8 heteroatoms. The molecule has 0 aliphatic heterocycles. The molecule has 0 aliphatic rings. The monoisotopic (exact) mass is 538 g/mol. The second-order valence-electron chi connectivity index (χ2n) is 6.87. The van der Waals surface area contributed by atoms with Crippen LogP contribution >= 0.6 is 35.3 Å². The number of guanidine groups is 1. The SMILES string of the molecule is CCc1cnc(CCNC(=NC)NCCCc2cn(-c3ccccc3)nc2C)s1.I. The van der Waals surface area contributed by atoms with Gasteiger partial charge in [-0.15, -0.1) is 35.3 Å². The molecular formula is C22H31IN6S. The Morgan fingerprint density at radius 1 is 1.13 bits per heavy atom. The van der Waals surface area contributed by atoms with Crippen molar-refractivity contribution in [2.75, 3.05) is 20.1 Å². The number of hydrogen-bond donors (Lipinski definition) is 2. The molecule has 0 aliphatic carbocycles. The minimum Gasteiger partial charge on any atom is -0.356 e. The van der Waals surface area contributed by atoms with Crippen LogP contribution in [0, 0.1) is 6.92 Å². The first kappa shape index (κ1) is 24.3. The van der Waals surface area contributed by atoms with Gasteiger partial charge in [0.2, 0.25) is 0 Å². The van der Waals surface area contributed by atoms with E-state index in [-0.39, 0.29) is 24.0 Å². The summed E-state index contributed by atoms with van der Waals surface area (Å²) >= 11 is 1.79. The molecule has 0 amide bonds. The van der Waals surface area contributed by atoms with E-state index in [0.717, 1.165) is 56.1 Å². The summed E-state index contributed by atoms with van der Waals surface area (Å²) in [5.74, 6) is 0.842. The van der Waals surface area contributed by atoms with Gasteiger partial charge in [0.05, 0.1) is 16.4 Å². The van der Waals surface area contributed by atoms with Crippen LogP contribution < -0.4 is 10.6 Å². The molecule has 3 aromatic rings. The fourth-order valence-corrected chi connectivity index (χ4v) is 3.94. The number of aromatic nitrogens is 3. The van der Waals surface area contributed by atoms with Crippen LogP contribution in [0.4, 0.5) is 0 Å². The third-order valence-electron chi connectivity index (χ3n) is 4.74. The normalized spacial score (nSPS) is 11.2. The zero-order chi connectivity index (χ0) is 20.5. The van der Waals surface area contributed by atoms with Crippen LogP contribution in [0.25, 0.3) is 5.69 Å². The predicted molar refractivity (Wildman–Crippen MR) is 137 cm³/mol. The van der Waals surface area contributed by atoms with Crippen LogP contribution in [0.15, 0.2) is 47.7 Å². The lowest BCUT2D eigenvalue weighted by atomic mass is 10.1. The molecule has 2 N–H and O–H groups in total. The van der Waals surface area contributed by atoms with E-state index < -0.39 is 0 Å². The Kier molecular flexibility index (Phi) is 10.3. The molecule has 162 valence electrons. The standard InChI is InChI=1S/C22H30N6S.HI/c1-4-20-15-26-21(29-20)12-14-25-22(23-3)24-13-8-9-18-16-28(27-17(18)2)19-10-6-5-7-11-19;/h5-7,10-11,15-16H,4,8-9,12-14H2,1-3H3,(H2,23,24,25);1H. The molecule has 3 rings (SSSR count). The summed E-state index contributed by atoms with van der Waals surface area (Å²) in [4.78, 5) is 10.1. The molecule has 0 fully saturated rings. The number of para-hydroxylation sites is 1. The van der Waals surface area contributed by atoms with Crippen molar-refractivity contribution in [2.45, 2.75) is 39.5 Å². The predicted octanol–water partition coefficient (Wildman–Crippen LogP) is 4.16. The van der Waals surface area contributed by atoms with Gasteiger partial charge in [-0.3, -0.25) is 4.99 Å². The smallest absolute Gasteiger partial charge is 0.190 e. The van der Waals surface area contributed by atoms with E-state index in [2.05, 4.69) is 57.9 Å². The van der Waals surface area contributed by atoms with Crippen LogP contribution in [0.3, 0.4) is 0 Å². The maximum atomic E-state index is 4.64. The van der Waals surface area contributed by atoms with Crippen LogP contribution in [0.2, 0.25) is 0 Å². The van der Waals surface area contributed by atoms with E-state index in [1.54, 1.807) is 11.3 Å². The molecule has 0 unspecified atom stereocenters. The fraction of sp³-hybridized carbons (Fsp3) is 0.409. The maximum absolute atomic E-state index is 4.64. The molecule has 0 bridgehead atoms. The van der Waals surface area contributed by atoms with Gasteiger partial charge in [-0.05, 0) is 43.9 Å². The molecule has 0 atom stereocenters. The number of nitrogens with zero attached hydrogens (tertiary/aromatic N) is 4. The van der Waals surface area contributed by atoms with E-state index in [1.807, 2.05) is 36.1 Å². The zero-order valence-electron chi connectivity index (χ0n) is 17.9. The van der Waals surface area contributed by atoms with Crippen molar-refractivity contribution in [2.24, 2.45) is 4.99 Å². The lowest BCUT2D eigenvalue weighted by molar-refractivity contribution is 0.737. The summed E-state index contributed by atoms with van der Waals surface area (Å²) in [7, 11) is 1.81. The Morgan fingerprint density at radius 3 is 2.60 bits per heavy atom. The number of nitrogens with one attached hydrogen (secondary N) is 2. The zero-order valence-corrected chi connectivity index (χ0v) is 21.0. The summed E-state index contributed by atoms with van der Waals surface area (Å²) < 4.78 is 1.96. The number of thiazole rings is 1. The molecule has 0 saturated heterocycles. The quantitative estimate of drug-likeness (QED) is 0.186. The van der Waals surface area contributed by atoms with Crippen LogP contribution in [-0.4, -0.2) is 40.9 Å². The maximum Gasteiger partial charge on any atom is 0.190 e. The van der Waals surface area contributed by atoms with Crippen molar-refractivity contribution in [3.63, 3.8) is 0 Å². The van der Waals surface area contributed by atoms with E-state index in [0.29, 0.717) is 0 Å². The van der Waals surface area contributed by atoms with E-state index in [1.165, 1.54) is 15.4 Å². The Bertz CT molecular complexity index is 919. The highest BCUT2D eigenvalue weighted by atomic mass is 127. The molecule has 2 aromatic heterocycles. The van der Waals surface area contributed by atoms with Crippen molar-refractivity contribution in [1.82, 2.24) is 25.4 Å². The second-order valence-corrected chi connectivity index (χ2v) is 8.07. The lowest BCUT2D eigenvalue weighted by Crippen LogP contribution is -2.38. The van der Waals surface area contributed by atoms with E-state index in [4.69, 9.17) is 0 Å². The van der Waals surface area contributed by atoms with Crippen LogP contribution in [0.5, 0.6) is 0 Å². The number of halogens is 1. The molecule has 0 spiro atoms. The van der Waals surface area contributed by atoms with Crippen molar-refractivity contribution in [1.29, 1.82) is 0 Å². The molecule has 2 heterocycles. The van der Waals surface area contributed by atoms with Gasteiger partial charge in [0.25, 0.3) is 0 Å². The fourth-order valence-electron chi connectivity index (χ4n) is 3.08. The molecule has 30 heavy (non-hydrogen) atoms. The van der Waals surface area contributed by atoms with Crippen molar-refractivity contribution < 1.29 is 0 Å². The van der Waals surface area contributed by atoms with E-state index in [9.17, 15) is 0 Å². The average molecular weight is 539 g/mol. The Labute approximate surface area is 200 Å². The lowest BCUT2D eigenvalue weighted by Gasteiger charge is -2.11. The van der Waals surface area contributed by atoms with Gasteiger partial charge < -0.3 is 10.6 Å². The minimum atomic E-state index is 0. The van der Waals surface area contributed by atoms with Gasteiger partial charge in [-0.2, -0.15) is 5.10 Å². The molecule has 1 aromatic carbocycles. The summed E-state index contributed by atoms with van der Waals surface area (Å²) in [6.07, 6.45) is 8.10. The number of aliphatic imine (C=N–C) groups is 1. The summed E-state index contributed by atoms with van der Waals surface area (Å²) in [5.41, 5.74) is 3.47. The third-order valence-corrected chi connectivity index (χ3v) is 5.94. The summed E-state index contributed by atoms with van der Waals surface area (Å²) in [5, 5.41) is 12.6. The topological polar surface area (TPSA) is 67.1 Å². The first-order valence-electron chi connectivity index (χ1n) is 10.2. The number of rotatable bonds is 9. The van der Waals surface area contributed by atoms with Gasteiger partial charge in [0, 0.05) is 43.8 Å². The first-order chi connectivity index (χ1) is 14.2. The van der Waals surface area contributed by atoms with Gasteiger partial charge >= 0.3 is 0 Å². The number of aryl methyl sites for hydroxylation is 3. The van der Waals surface area contributed by atoms with Crippen LogP contribution in [-0.2, 0) is 19.3 Å². The van der Waals surface area contributed by atoms with Crippen molar-refractivity contribution in [3.05, 3.63) is 63.9 Å². The van der Waals surface area contributed by atoms with Crippen LogP contribution in [0.1, 0.15) is 34.5 Å². The summed E-state index contributed by atoms with van der Waals surface area (Å²) in [6, 6.07) is 10.2.